The maximum absolute atomic E-state index is 5.30. The summed E-state index contributed by atoms with van der Waals surface area (Å²) in [4.78, 5) is 4.06. The second kappa shape index (κ2) is 7.66. The molecule has 0 amide bonds. The Bertz CT molecular complexity index is 746. The van der Waals surface area contributed by atoms with E-state index in [1.54, 1.807) is 26.7 Å². The van der Waals surface area contributed by atoms with E-state index in [-0.39, 0.29) is 0 Å². The zero-order valence-corrected chi connectivity index (χ0v) is 13.9. The number of imidazole rings is 1. The molecule has 0 radical (unpaired) electrons. The summed E-state index contributed by atoms with van der Waals surface area (Å²) in [6, 6.07) is 14.3. The van der Waals surface area contributed by atoms with Crippen molar-refractivity contribution in [1.82, 2.24) is 14.9 Å². The molecule has 5 nitrogen and oxygen atoms in total. The summed E-state index contributed by atoms with van der Waals surface area (Å²) in [7, 11) is 3.32. The quantitative estimate of drug-likeness (QED) is 0.725. The first kappa shape index (κ1) is 16.1. The van der Waals surface area contributed by atoms with Gasteiger partial charge in [-0.15, -0.1) is 0 Å². The fourth-order valence-electron chi connectivity index (χ4n) is 2.52. The molecule has 1 N–H and O–H groups in total. The van der Waals surface area contributed by atoms with E-state index in [4.69, 9.17) is 9.47 Å². The molecule has 0 spiro atoms. The van der Waals surface area contributed by atoms with Gasteiger partial charge >= 0.3 is 0 Å². The number of rotatable bonds is 7. The average molecular weight is 323 g/mol. The summed E-state index contributed by atoms with van der Waals surface area (Å²) >= 11 is 0. The van der Waals surface area contributed by atoms with Crippen molar-refractivity contribution in [3.8, 4) is 17.2 Å². The summed E-state index contributed by atoms with van der Waals surface area (Å²) in [5.74, 6) is 1.60. The molecular weight excluding hydrogens is 302 g/mol. The minimum Gasteiger partial charge on any atom is -0.497 e. The van der Waals surface area contributed by atoms with E-state index in [1.165, 1.54) is 5.56 Å². The van der Waals surface area contributed by atoms with Gasteiger partial charge in [-0.05, 0) is 35.4 Å². The van der Waals surface area contributed by atoms with Crippen LogP contribution < -0.4 is 14.8 Å². The highest BCUT2D eigenvalue weighted by Crippen LogP contribution is 2.22. The summed E-state index contributed by atoms with van der Waals surface area (Å²) in [6.45, 7) is 1.54. The summed E-state index contributed by atoms with van der Waals surface area (Å²) in [6.07, 6.45) is 5.50. The lowest BCUT2D eigenvalue weighted by atomic mass is 10.1. The van der Waals surface area contributed by atoms with Crippen molar-refractivity contribution in [2.45, 2.75) is 13.1 Å². The number of nitrogens with zero attached hydrogens (tertiary/aromatic N) is 2. The van der Waals surface area contributed by atoms with Crippen LogP contribution in [0.2, 0.25) is 0 Å². The van der Waals surface area contributed by atoms with Crippen LogP contribution in [-0.4, -0.2) is 23.8 Å². The maximum atomic E-state index is 5.30. The molecule has 24 heavy (non-hydrogen) atoms. The molecule has 3 aromatic rings. The smallest absolute Gasteiger partial charge is 0.122 e. The molecule has 1 heterocycles. The van der Waals surface area contributed by atoms with Crippen molar-refractivity contribution >= 4 is 0 Å². The SMILES string of the molecule is COc1cc(CNCc2ccc(-n3ccnc3)cc2)cc(OC)c1. The van der Waals surface area contributed by atoms with Crippen LogP contribution >= 0.6 is 0 Å². The van der Waals surface area contributed by atoms with E-state index in [2.05, 4.69) is 34.6 Å². The second-order valence-corrected chi connectivity index (χ2v) is 5.46. The average Bonchev–Trinajstić information content (AvgIpc) is 3.16. The zero-order valence-electron chi connectivity index (χ0n) is 13.9. The van der Waals surface area contributed by atoms with E-state index in [1.807, 2.05) is 29.0 Å². The Morgan fingerprint density at radius 1 is 0.917 bits per heavy atom. The van der Waals surface area contributed by atoms with Crippen LogP contribution in [-0.2, 0) is 13.1 Å². The third kappa shape index (κ3) is 3.94. The van der Waals surface area contributed by atoms with E-state index < -0.39 is 0 Å². The molecule has 1 aromatic heterocycles. The van der Waals surface area contributed by atoms with Gasteiger partial charge in [-0.25, -0.2) is 4.98 Å². The molecule has 0 saturated carbocycles. The molecule has 0 aliphatic carbocycles. The molecular formula is C19H21N3O2. The van der Waals surface area contributed by atoms with Gasteiger partial charge in [-0.2, -0.15) is 0 Å². The number of benzene rings is 2. The molecule has 0 saturated heterocycles. The van der Waals surface area contributed by atoms with Crippen molar-refractivity contribution in [3.05, 3.63) is 72.3 Å². The highest BCUT2D eigenvalue weighted by molar-refractivity contribution is 5.38. The number of aromatic nitrogens is 2. The zero-order chi connectivity index (χ0) is 16.8. The van der Waals surface area contributed by atoms with Crippen LogP contribution in [0, 0.1) is 0 Å². The van der Waals surface area contributed by atoms with Gasteiger partial charge < -0.3 is 19.4 Å². The highest BCUT2D eigenvalue weighted by atomic mass is 16.5. The molecule has 5 heteroatoms. The minimum atomic E-state index is 0.747. The van der Waals surface area contributed by atoms with Gasteiger partial charge in [-0.1, -0.05) is 12.1 Å². The topological polar surface area (TPSA) is 48.3 Å². The molecule has 0 unspecified atom stereocenters. The number of hydrogen-bond donors (Lipinski definition) is 1. The van der Waals surface area contributed by atoms with Gasteiger partial charge in [0.2, 0.25) is 0 Å². The molecule has 3 rings (SSSR count). The molecule has 0 aliphatic rings. The summed E-state index contributed by atoms with van der Waals surface area (Å²) in [5.41, 5.74) is 3.46. The van der Waals surface area contributed by atoms with Gasteiger partial charge in [0.1, 0.15) is 11.5 Å². The first-order valence-electron chi connectivity index (χ1n) is 7.78. The van der Waals surface area contributed by atoms with Crippen LogP contribution in [0.15, 0.2) is 61.2 Å². The predicted octanol–water partition coefficient (Wildman–Crippen LogP) is 3.18. The van der Waals surface area contributed by atoms with Crippen molar-refractivity contribution in [3.63, 3.8) is 0 Å². The lowest BCUT2D eigenvalue weighted by Gasteiger charge is -2.10. The van der Waals surface area contributed by atoms with Crippen molar-refractivity contribution in [2.24, 2.45) is 0 Å². The van der Waals surface area contributed by atoms with Gasteiger partial charge in [0.25, 0.3) is 0 Å². The third-order valence-electron chi connectivity index (χ3n) is 3.81. The summed E-state index contributed by atoms with van der Waals surface area (Å²) < 4.78 is 12.6. The van der Waals surface area contributed by atoms with Crippen molar-refractivity contribution in [1.29, 1.82) is 0 Å². The third-order valence-corrected chi connectivity index (χ3v) is 3.81. The lowest BCUT2D eigenvalue weighted by molar-refractivity contribution is 0.393. The van der Waals surface area contributed by atoms with E-state index in [0.717, 1.165) is 35.8 Å². The Labute approximate surface area is 141 Å². The monoisotopic (exact) mass is 323 g/mol. The molecule has 0 fully saturated rings. The molecule has 0 bridgehead atoms. The van der Waals surface area contributed by atoms with Crippen LogP contribution in [0.4, 0.5) is 0 Å². The van der Waals surface area contributed by atoms with Crippen LogP contribution in [0.5, 0.6) is 11.5 Å². The Balaban J connectivity index is 1.58. The van der Waals surface area contributed by atoms with E-state index in [9.17, 15) is 0 Å². The van der Waals surface area contributed by atoms with Gasteiger partial charge in [0.15, 0.2) is 0 Å². The van der Waals surface area contributed by atoms with Crippen molar-refractivity contribution < 1.29 is 9.47 Å². The maximum Gasteiger partial charge on any atom is 0.122 e. The fourth-order valence-corrected chi connectivity index (χ4v) is 2.52. The van der Waals surface area contributed by atoms with Crippen LogP contribution in [0.3, 0.4) is 0 Å². The standard InChI is InChI=1S/C19H21N3O2/c1-23-18-9-16(10-19(11-18)24-2)13-21-12-15-3-5-17(6-4-15)22-8-7-20-14-22/h3-11,14,21H,12-13H2,1-2H3. The predicted molar refractivity (Wildman–Crippen MR) is 93.7 cm³/mol. The van der Waals surface area contributed by atoms with Crippen LogP contribution in [0.1, 0.15) is 11.1 Å². The Kier molecular flexibility index (Phi) is 5.13. The van der Waals surface area contributed by atoms with Crippen molar-refractivity contribution in [2.75, 3.05) is 14.2 Å². The normalized spacial score (nSPS) is 10.6. The Morgan fingerprint density at radius 3 is 2.17 bits per heavy atom. The molecule has 0 atom stereocenters. The first-order chi connectivity index (χ1) is 11.8. The van der Waals surface area contributed by atoms with Gasteiger partial charge in [0, 0.05) is 37.2 Å². The van der Waals surface area contributed by atoms with Gasteiger partial charge in [-0.3, -0.25) is 0 Å². The Hall–Kier alpha value is -2.79. The second-order valence-electron chi connectivity index (χ2n) is 5.46. The molecule has 0 aliphatic heterocycles. The molecule has 124 valence electrons. The first-order valence-corrected chi connectivity index (χ1v) is 7.78. The fraction of sp³-hybridized carbons (Fsp3) is 0.211. The van der Waals surface area contributed by atoms with E-state index in [0.29, 0.717) is 0 Å². The van der Waals surface area contributed by atoms with E-state index >= 15 is 0 Å². The Morgan fingerprint density at radius 2 is 1.58 bits per heavy atom. The highest BCUT2D eigenvalue weighted by Gasteiger charge is 2.02. The molecule has 2 aromatic carbocycles. The largest absolute Gasteiger partial charge is 0.497 e. The summed E-state index contributed by atoms with van der Waals surface area (Å²) in [5, 5.41) is 3.44. The van der Waals surface area contributed by atoms with Crippen LogP contribution in [0.25, 0.3) is 5.69 Å². The lowest BCUT2D eigenvalue weighted by Crippen LogP contribution is -2.12. The number of ether oxygens (including phenoxy) is 2. The van der Waals surface area contributed by atoms with Gasteiger partial charge in [0.05, 0.1) is 20.5 Å². The number of methoxy groups -OCH3 is 2. The number of nitrogens with one attached hydrogen (secondary N) is 1. The minimum absolute atomic E-state index is 0.747. The number of hydrogen-bond acceptors (Lipinski definition) is 4.